The number of unbranched alkanes of at least 4 members (excludes halogenated alkanes) is 1. The van der Waals surface area contributed by atoms with Crippen LogP contribution in [0.4, 0.5) is 10.1 Å². The Balaban J connectivity index is 1.36. The Bertz CT molecular complexity index is 1960. The fourth-order valence-corrected chi connectivity index (χ4v) is 5.43. The van der Waals surface area contributed by atoms with E-state index in [4.69, 9.17) is 15.2 Å². The van der Waals surface area contributed by atoms with Gasteiger partial charge in [-0.1, -0.05) is 78.9 Å². The Labute approximate surface area is 298 Å². The monoisotopic (exact) mass is 687 g/mol. The van der Waals surface area contributed by atoms with Gasteiger partial charge in [-0.05, 0) is 98.8 Å². The molecule has 5 aromatic carbocycles. The molecule has 5 aromatic rings. The van der Waals surface area contributed by atoms with Gasteiger partial charge in [-0.2, -0.15) is 0 Å². The summed E-state index contributed by atoms with van der Waals surface area (Å²) in [5, 5.41) is 2.76. The van der Waals surface area contributed by atoms with Crippen molar-refractivity contribution in [2.45, 2.75) is 45.3 Å². The van der Waals surface area contributed by atoms with Crippen LogP contribution in [-0.4, -0.2) is 36.5 Å². The standard InChI is InChI=1S/C42H42FN3O5/c1-42(2,3)51-41(49)38(44)32-16-13-17-33(28-32)50-37-21-10-9-20-36(37)46(27-12-11-26-45-39(47)34-18-7-8-19-35(34)43)40(48)31-24-22-30(23-25-31)29-14-5-4-6-15-29/h4-10,13-25,28,38H,11-12,26-27,44H2,1-3H3,(H,45,47). The van der Waals surface area contributed by atoms with Gasteiger partial charge in [0.15, 0.2) is 5.75 Å². The number of ether oxygens (including phenoxy) is 2. The summed E-state index contributed by atoms with van der Waals surface area (Å²) in [5.41, 5.74) is 9.10. The number of nitrogens with zero attached hydrogens (tertiary/aromatic N) is 1. The van der Waals surface area contributed by atoms with Gasteiger partial charge >= 0.3 is 5.97 Å². The number of nitrogens with one attached hydrogen (secondary N) is 1. The zero-order valence-corrected chi connectivity index (χ0v) is 29.0. The minimum atomic E-state index is -1.01. The second-order valence-electron chi connectivity index (χ2n) is 13.0. The summed E-state index contributed by atoms with van der Waals surface area (Å²) in [5.74, 6) is -1.02. The first-order chi connectivity index (χ1) is 24.5. The summed E-state index contributed by atoms with van der Waals surface area (Å²) in [6.45, 7) is 5.94. The number of carbonyl (C=O) groups is 3. The lowest BCUT2D eigenvalue weighted by molar-refractivity contribution is -0.156. The fourth-order valence-electron chi connectivity index (χ4n) is 5.43. The number of halogens is 1. The Hall–Kier alpha value is -5.80. The van der Waals surface area contributed by atoms with Crippen LogP contribution in [0, 0.1) is 5.82 Å². The second-order valence-corrected chi connectivity index (χ2v) is 13.0. The van der Waals surface area contributed by atoms with Crippen LogP contribution in [0.5, 0.6) is 11.5 Å². The van der Waals surface area contributed by atoms with Crippen LogP contribution in [0.15, 0.2) is 127 Å². The van der Waals surface area contributed by atoms with Crippen molar-refractivity contribution < 1.29 is 28.2 Å². The van der Waals surface area contributed by atoms with E-state index in [1.54, 1.807) is 74.2 Å². The molecule has 0 saturated carbocycles. The maximum atomic E-state index is 14.2. The number of anilines is 1. The van der Waals surface area contributed by atoms with Crippen molar-refractivity contribution in [1.82, 2.24) is 5.32 Å². The Kier molecular flexibility index (Phi) is 12.0. The van der Waals surface area contributed by atoms with Gasteiger partial charge in [0.25, 0.3) is 11.8 Å². The summed E-state index contributed by atoms with van der Waals surface area (Å²) in [6.07, 6.45) is 1.06. The van der Waals surface area contributed by atoms with E-state index in [0.29, 0.717) is 54.2 Å². The average Bonchev–Trinajstić information content (AvgIpc) is 3.13. The molecular weight excluding hydrogens is 645 g/mol. The number of carbonyl (C=O) groups excluding carboxylic acids is 3. The van der Waals surface area contributed by atoms with Gasteiger partial charge in [-0.25, -0.2) is 9.18 Å². The van der Waals surface area contributed by atoms with Gasteiger partial charge in [-0.3, -0.25) is 9.59 Å². The van der Waals surface area contributed by atoms with Crippen molar-refractivity contribution in [3.63, 3.8) is 0 Å². The van der Waals surface area contributed by atoms with Gasteiger partial charge in [0, 0.05) is 18.7 Å². The van der Waals surface area contributed by atoms with Gasteiger partial charge in [0.1, 0.15) is 23.2 Å². The molecule has 0 aliphatic rings. The summed E-state index contributed by atoms with van der Waals surface area (Å²) in [4.78, 5) is 41.1. The number of esters is 1. The smallest absolute Gasteiger partial charge is 0.328 e. The molecule has 0 heterocycles. The highest BCUT2D eigenvalue weighted by molar-refractivity contribution is 6.07. The second kappa shape index (κ2) is 16.7. The lowest BCUT2D eigenvalue weighted by Crippen LogP contribution is -2.33. The molecule has 1 unspecified atom stereocenters. The number of hydrogen-bond acceptors (Lipinski definition) is 6. The average molecular weight is 688 g/mol. The maximum Gasteiger partial charge on any atom is 0.328 e. The minimum Gasteiger partial charge on any atom is -0.459 e. The van der Waals surface area contributed by atoms with E-state index in [-0.39, 0.29) is 11.5 Å². The number of hydrogen-bond donors (Lipinski definition) is 2. The normalized spacial score (nSPS) is 11.7. The van der Waals surface area contributed by atoms with Crippen molar-refractivity contribution in [3.8, 4) is 22.6 Å². The first-order valence-corrected chi connectivity index (χ1v) is 16.9. The van der Waals surface area contributed by atoms with Crippen LogP contribution in [0.2, 0.25) is 0 Å². The third kappa shape index (κ3) is 9.89. The number of amides is 2. The summed E-state index contributed by atoms with van der Waals surface area (Å²) >= 11 is 0. The molecule has 0 fully saturated rings. The highest BCUT2D eigenvalue weighted by atomic mass is 19.1. The zero-order chi connectivity index (χ0) is 36.4. The SMILES string of the molecule is CC(C)(C)OC(=O)C(N)c1cccc(Oc2ccccc2N(CCCCNC(=O)c2ccccc2F)C(=O)c2ccc(-c3ccccc3)cc2)c1. The van der Waals surface area contributed by atoms with Crippen molar-refractivity contribution in [2.75, 3.05) is 18.0 Å². The maximum absolute atomic E-state index is 14.2. The molecule has 0 radical (unpaired) electrons. The summed E-state index contributed by atoms with van der Waals surface area (Å²) in [7, 11) is 0. The first-order valence-electron chi connectivity index (χ1n) is 16.9. The zero-order valence-electron chi connectivity index (χ0n) is 29.0. The number of para-hydroxylation sites is 2. The van der Waals surface area contributed by atoms with Crippen LogP contribution >= 0.6 is 0 Å². The molecule has 9 heteroatoms. The third-order valence-electron chi connectivity index (χ3n) is 7.96. The molecule has 1 atom stereocenters. The van der Waals surface area contributed by atoms with Crippen LogP contribution in [0.1, 0.15) is 65.9 Å². The van der Waals surface area contributed by atoms with E-state index in [9.17, 15) is 18.8 Å². The van der Waals surface area contributed by atoms with Crippen LogP contribution < -0.4 is 20.7 Å². The van der Waals surface area contributed by atoms with E-state index in [0.717, 1.165) is 11.1 Å². The van der Waals surface area contributed by atoms with E-state index >= 15 is 0 Å². The predicted octanol–water partition coefficient (Wildman–Crippen LogP) is 8.48. The van der Waals surface area contributed by atoms with Crippen LogP contribution in [0.25, 0.3) is 11.1 Å². The molecule has 5 rings (SSSR count). The molecule has 2 amide bonds. The van der Waals surface area contributed by atoms with Crippen LogP contribution in [-0.2, 0) is 9.53 Å². The lowest BCUT2D eigenvalue weighted by Gasteiger charge is -2.26. The molecule has 0 spiro atoms. The topological polar surface area (TPSA) is 111 Å². The molecule has 0 aliphatic carbocycles. The minimum absolute atomic E-state index is 0.0181. The predicted molar refractivity (Wildman–Crippen MR) is 197 cm³/mol. The van der Waals surface area contributed by atoms with Crippen molar-refractivity contribution in [2.24, 2.45) is 5.73 Å². The van der Waals surface area contributed by atoms with Gasteiger partial charge in [-0.15, -0.1) is 0 Å². The quantitative estimate of drug-likeness (QED) is 0.0949. The van der Waals surface area contributed by atoms with Crippen molar-refractivity contribution in [3.05, 3.63) is 150 Å². The highest BCUT2D eigenvalue weighted by Crippen LogP contribution is 2.34. The first kappa shape index (κ1) is 36.5. The lowest BCUT2D eigenvalue weighted by atomic mass is 10.0. The largest absolute Gasteiger partial charge is 0.459 e. The van der Waals surface area contributed by atoms with Gasteiger partial charge in [0.2, 0.25) is 0 Å². The molecule has 0 aliphatic heterocycles. The van der Waals surface area contributed by atoms with E-state index in [2.05, 4.69) is 5.32 Å². The molecule has 262 valence electrons. The Morgan fingerprint density at radius 3 is 2.18 bits per heavy atom. The summed E-state index contributed by atoms with van der Waals surface area (Å²) < 4.78 is 25.9. The van der Waals surface area contributed by atoms with Crippen molar-refractivity contribution >= 4 is 23.5 Å². The Morgan fingerprint density at radius 1 is 0.784 bits per heavy atom. The fraction of sp³-hybridized carbons (Fsp3) is 0.214. The van der Waals surface area contributed by atoms with E-state index in [1.165, 1.54) is 18.2 Å². The summed E-state index contributed by atoms with van der Waals surface area (Å²) in [6, 6.07) is 36.3. The van der Waals surface area contributed by atoms with E-state index < -0.39 is 29.3 Å². The van der Waals surface area contributed by atoms with Gasteiger partial charge in [0.05, 0.1) is 11.3 Å². The number of rotatable bonds is 13. The number of nitrogens with two attached hydrogens (primary N) is 1. The van der Waals surface area contributed by atoms with Crippen molar-refractivity contribution in [1.29, 1.82) is 0 Å². The van der Waals surface area contributed by atoms with E-state index in [1.807, 2.05) is 60.7 Å². The molecule has 0 aromatic heterocycles. The third-order valence-corrected chi connectivity index (χ3v) is 7.96. The molecule has 8 nitrogen and oxygen atoms in total. The molecule has 0 bridgehead atoms. The van der Waals surface area contributed by atoms with Gasteiger partial charge < -0.3 is 25.4 Å². The Morgan fingerprint density at radius 2 is 1.45 bits per heavy atom. The molecule has 51 heavy (non-hydrogen) atoms. The highest BCUT2D eigenvalue weighted by Gasteiger charge is 2.25. The van der Waals surface area contributed by atoms with Crippen LogP contribution in [0.3, 0.4) is 0 Å². The molecule has 3 N–H and O–H groups in total. The molecule has 0 saturated heterocycles. The molecular formula is C42H42FN3O5. The number of benzene rings is 5.